The Kier molecular flexibility index (Phi) is 11.6. The summed E-state index contributed by atoms with van der Waals surface area (Å²) in [6.45, 7) is 40.1. The highest BCUT2D eigenvalue weighted by atomic mass is 31.2. The van der Waals surface area contributed by atoms with E-state index in [0.717, 1.165) is 51.4 Å². The second-order valence-electron chi connectivity index (χ2n) is 23.6. The SMILES string of the molecule is CC1(C)CC(N(C2CC(C)(C)NC(C)(C)C2)P2OCC3(CO2)COP(N(C2CC(C)(C)NC(C)(C)C2)C2CC(C)(C)NC(C)(C)C2)OC3)CC(C)(C)N1. The highest BCUT2D eigenvalue weighted by Gasteiger charge is 2.55. The molecule has 0 radical (unpaired) electrons. The van der Waals surface area contributed by atoms with Crippen molar-refractivity contribution < 1.29 is 18.1 Å². The van der Waals surface area contributed by atoms with Crippen LogP contribution in [-0.2, 0) is 18.1 Å². The van der Waals surface area contributed by atoms with Crippen LogP contribution in [0.2, 0.25) is 0 Å². The molecule has 0 aromatic heterocycles. The Bertz CT molecular complexity index is 1060. The third-order valence-corrected chi connectivity index (χ3v) is 15.9. The van der Waals surface area contributed by atoms with E-state index in [-0.39, 0.29) is 49.7 Å². The maximum absolute atomic E-state index is 6.99. The summed E-state index contributed by atoms with van der Waals surface area (Å²) < 4.78 is 33.4. The first-order chi connectivity index (χ1) is 24.0. The summed E-state index contributed by atoms with van der Waals surface area (Å²) in [5.74, 6) is 0. The predicted molar refractivity (Wildman–Crippen MR) is 221 cm³/mol. The minimum Gasteiger partial charge on any atom is -0.321 e. The average molecular weight is 783 g/mol. The van der Waals surface area contributed by atoms with Crippen LogP contribution in [-0.4, -0.2) is 104 Å². The van der Waals surface area contributed by atoms with Gasteiger partial charge in [0.1, 0.15) is 0 Å². The minimum absolute atomic E-state index is 0.0285. The fourth-order valence-corrected chi connectivity index (χ4v) is 16.3. The van der Waals surface area contributed by atoms with E-state index in [9.17, 15) is 0 Å². The largest absolute Gasteiger partial charge is 0.321 e. The molecule has 0 bridgehead atoms. The van der Waals surface area contributed by atoms with Crippen LogP contribution < -0.4 is 21.3 Å². The van der Waals surface area contributed by atoms with Crippen molar-refractivity contribution in [3.63, 3.8) is 0 Å². The molecule has 10 nitrogen and oxygen atoms in total. The third kappa shape index (κ3) is 10.6. The molecule has 6 aliphatic rings. The lowest BCUT2D eigenvalue weighted by atomic mass is 9.76. The molecule has 4 N–H and O–H groups in total. The maximum Gasteiger partial charge on any atom is 0.259 e. The van der Waals surface area contributed by atoms with Gasteiger partial charge in [-0.2, -0.15) is 0 Å². The van der Waals surface area contributed by atoms with Gasteiger partial charge in [0, 0.05) is 68.5 Å². The third-order valence-electron chi connectivity index (χ3n) is 12.5. The number of rotatable bonds is 6. The van der Waals surface area contributed by atoms with E-state index in [1.807, 2.05) is 0 Å². The first-order valence-corrected chi connectivity index (χ1v) is 23.1. The molecule has 308 valence electrons. The molecule has 12 heteroatoms. The van der Waals surface area contributed by atoms with E-state index in [1.165, 1.54) is 0 Å². The van der Waals surface area contributed by atoms with Crippen LogP contribution in [0, 0.1) is 5.41 Å². The van der Waals surface area contributed by atoms with Crippen LogP contribution in [0.1, 0.15) is 162 Å². The van der Waals surface area contributed by atoms with Crippen LogP contribution in [0.25, 0.3) is 0 Å². The lowest BCUT2D eigenvalue weighted by Gasteiger charge is -2.57. The second-order valence-corrected chi connectivity index (χ2v) is 26.6. The molecule has 0 atom stereocenters. The molecule has 53 heavy (non-hydrogen) atoms. The number of nitrogens with one attached hydrogen (secondary N) is 4. The zero-order chi connectivity index (χ0) is 39.3. The zero-order valence-electron chi connectivity index (χ0n) is 36.7. The van der Waals surface area contributed by atoms with Crippen molar-refractivity contribution >= 4 is 17.1 Å². The molecule has 0 saturated carbocycles. The van der Waals surface area contributed by atoms with Gasteiger partial charge in [-0.3, -0.25) is 0 Å². The Morgan fingerprint density at radius 1 is 0.340 bits per heavy atom. The van der Waals surface area contributed by atoms with Gasteiger partial charge >= 0.3 is 0 Å². The van der Waals surface area contributed by atoms with Crippen molar-refractivity contribution in [2.45, 2.75) is 231 Å². The van der Waals surface area contributed by atoms with Crippen LogP contribution in [0.3, 0.4) is 0 Å². The molecule has 0 aromatic rings. The van der Waals surface area contributed by atoms with Gasteiger partial charge in [-0.15, -0.1) is 0 Å². The summed E-state index contributed by atoms with van der Waals surface area (Å²) in [4.78, 5) is 0. The van der Waals surface area contributed by atoms with Gasteiger partial charge in [0.15, 0.2) is 0 Å². The van der Waals surface area contributed by atoms with Crippen molar-refractivity contribution in [1.82, 2.24) is 30.6 Å². The Balaban J connectivity index is 1.20. The predicted octanol–water partition coefficient (Wildman–Crippen LogP) is 8.36. The lowest BCUT2D eigenvalue weighted by Crippen LogP contribution is -2.66. The molecule has 6 rings (SSSR count). The first-order valence-electron chi connectivity index (χ1n) is 20.8. The fraction of sp³-hybridized carbons (Fsp3) is 1.00. The van der Waals surface area contributed by atoms with E-state index in [1.54, 1.807) is 0 Å². The molecule has 0 unspecified atom stereocenters. The van der Waals surface area contributed by atoms with Gasteiger partial charge in [-0.05, 0) is 162 Å². The topological polar surface area (TPSA) is 91.5 Å². The normalized spacial score (nSPS) is 37.2. The molecule has 6 aliphatic heterocycles. The zero-order valence-corrected chi connectivity index (χ0v) is 38.5. The monoisotopic (exact) mass is 783 g/mol. The van der Waals surface area contributed by atoms with E-state index >= 15 is 0 Å². The van der Waals surface area contributed by atoms with Crippen LogP contribution in [0.5, 0.6) is 0 Å². The quantitative estimate of drug-likeness (QED) is 0.197. The van der Waals surface area contributed by atoms with Gasteiger partial charge in [-0.25, -0.2) is 9.34 Å². The van der Waals surface area contributed by atoms with Crippen LogP contribution in [0.15, 0.2) is 0 Å². The summed E-state index contributed by atoms with van der Waals surface area (Å²) in [6.07, 6.45) is 8.55. The van der Waals surface area contributed by atoms with E-state index in [2.05, 4.69) is 141 Å². The number of hydrogen-bond donors (Lipinski definition) is 4. The summed E-state index contributed by atoms with van der Waals surface area (Å²) in [5, 5.41) is 15.7. The molecule has 6 heterocycles. The molecule has 0 aliphatic carbocycles. The number of nitrogens with zero attached hydrogens (tertiary/aromatic N) is 2. The molecule has 0 amide bonds. The fourth-order valence-electron chi connectivity index (χ4n) is 12.3. The molecular formula is C41H80N6O4P2. The van der Waals surface area contributed by atoms with Gasteiger partial charge in [-0.1, -0.05) is 0 Å². The highest BCUT2D eigenvalue weighted by molar-refractivity contribution is 7.45. The van der Waals surface area contributed by atoms with Crippen molar-refractivity contribution in [3.05, 3.63) is 0 Å². The molecular weight excluding hydrogens is 702 g/mol. The van der Waals surface area contributed by atoms with Crippen molar-refractivity contribution in [3.8, 4) is 0 Å². The smallest absolute Gasteiger partial charge is 0.259 e. The molecule has 0 aromatic carbocycles. The minimum atomic E-state index is -1.24. The molecule has 6 fully saturated rings. The number of piperidine rings is 4. The second kappa shape index (κ2) is 14.3. The molecule has 6 saturated heterocycles. The Morgan fingerprint density at radius 2 is 0.509 bits per heavy atom. The van der Waals surface area contributed by atoms with Crippen molar-refractivity contribution in [2.24, 2.45) is 5.41 Å². The Labute approximate surface area is 327 Å². The molecule has 1 spiro atoms. The van der Waals surface area contributed by atoms with Crippen molar-refractivity contribution in [1.29, 1.82) is 0 Å². The Hall–Kier alpha value is 0.460. The lowest BCUT2D eigenvalue weighted by molar-refractivity contribution is -0.0778. The van der Waals surface area contributed by atoms with Gasteiger partial charge < -0.3 is 39.4 Å². The number of hydrogen-bond acceptors (Lipinski definition) is 10. The van der Waals surface area contributed by atoms with E-state index < -0.39 is 17.1 Å². The van der Waals surface area contributed by atoms with Gasteiger partial charge in [0.05, 0.1) is 31.8 Å². The highest BCUT2D eigenvalue weighted by Crippen LogP contribution is 2.60. The van der Waals surface area contributed by atoms with E-state index in [4.69, 9.17) is 18.1 Å². The summed E-state index contributed by atoms with van der Waals surface area (Å²) in [7, 11) is -2.47. The van der Waals surface area contributed by atoms with Crippen molar-refractivity contribution in [2.75, 3.05) is 26.4 Å². The van der Waals surface area contributed by atoms with Crippen LogP contribution in [0.4, 0.5) is 0 Å². The first kappa shape index (κ1) is 43.0. The maximum atomic E-state index is 6.99. The van der Waals surface area contributed by atoms with Gasteiger partial charge in [0.2, 0.25) is 0 Å². The van der Waals surface area contributed by atoms with Gasteiger partial charge in [0.25, 0.3) is 17.1 Å². The summed E-state index contributed by atoms with van der Waals surface area (Å²) >= 11 is 0. The summed E-state index contributed by atoms with van der Waals surface area (Å²) in [6, 6.07) is 1.48. The van der Waals surface area contributed by atoms with Crippen LogP contribution >= 0.6 is 17.1 Å². The van der Waals surface area contributed by atoms with E-state index in [0.29, 0.717) is 50.6 Å². The standard InChI is InChI=1S/C41H80N6O4P2/c1-33(2)17-29(18-34(3,4)42-33)46(30-19-35(5,6)43-36(7,8)20-30)52-48-25-41(26-49-52)27-50-53(51-28-41)47(31-21-37(9,10)44-38(11,12)22-31)32-23-39(13,14)45-40(15,16)24-32/h29-32,42-45H,17-28H2,1-16H3. The summed E-state index contributed by atoms with van der Waals surface area (Å²) in [5.41, 5.74) is -0.0701. The average Bonchev–Trinajstić information content (AvgIpc) is 2.89. The Morgan fingerprint density at radius 3 is 0.679 bits per heavy atom.